The van der Waals surface area contributed by atoms with Crippen LogP contribution in [0.4, 0.5) is 4.79 Å². The van der Waals surface area contributed by atoms with Crippen LogP contribution in [0.1, 0.15) is 27.2 Å². The molecule has 11 heteroatoms. The van der Waals surface area contributed by atoms with Crippen molar-refractivity contribution in [3.63, 3.8) is 0 Å². The minimum Gasteiger partial charge on any atom is -0.449 e. The molecule has 2 aliphatic heterocycles. The zero-order valence-corrected chi connectivity index (χ0v) is 18.5. The Morgan fingerprint density at radius 2 is 2.11 bits per heavy atom. The highest BCUT2D eigenvalue weighted by atomic mass is 32.2. The van der Waals surface area contributed by atoms with Gasteiger partial charge in [0.15, 0.2) is 8.32 Å². The highest BCUT2D eigenvalue weighted by Crippen LogP contribution is 2.51. The number of aromatic nitrogens is 3. The lowest BCUT2D eigenvalue weighted by molar-refractivity contribution is -0.151. The highest BCUT2D eigenvalue weighted by molar-refractivity contribution is 8.04. The number of hydrogen-bond acceptors (Lipinski definition) is 7. The number of carbonyl (C=O) groups excluding carboxylic acids is 1. The van der Waals surface area contributed by atoms with Crippen LogP contribution in [-0.2, 0) is 20.5 Å². The molecule has 0 saturated carbocycles. The lowest BCUT2D eigenvalue weighted by atomic mass is 10.00. The second kappa shape index (κ2) is 7.52. The first kappa shape index (κ1) is 20.9. The van der Waals surface area contributed by atoms with Crippen molar-refractivity contribution in [2.24, 2.45) is 5.92 Å². The van der Waals surface area contributed by atoms with Crippen LogP contribution in [0.3, 0.4) is 0 Å². The molecule has 0 aliphatic carbocycles. The van der Waals surface area contributed by atoms with Crippen LogP contribution in [0.15, 0.2) is 23.4 Å². The van der Waals surface area contributed by atoms with E-state index >= 15 is 0 Å². The van der Waals surface area contributed by atoms with Gasteiger partial charge in [-0.1, -0.05) is 32.5 Å². The fourth-order valence-corrected chi connectivity index (χ4v) is 5.23. The van der Waals surface area contributed by atoms with Crippen molar-refractivity contribution >= 4 is 32.1 Å². The first-order valence-electron chi connectivity index (χ1n) is 9.11. The number of carboxylic acid groups (broad SMARTS) is 1. The molecule has 3 heterocycles. The molecule has 2 atom stereocenters. The zero-order valence-electron chi connectivity index (χ0n) is 16.7. The molecule has 1 aromatic heterocycles. The van der Waals surface area contributed by atoms with Crippen molar-refractivity contribution in [3.05, 3.63) is 23.4 Å². The van der Waals surface area contributed by atoms with Crippen molar-refractivity contribution in [1.82, 2.24) is 19.7 Å². The molecule has 0 radical (unpaired) electrons. The lowest BCUT2D eigenvalue weighted by Crippen LogP contribution is -2.59. The standard InChI is InChI=1S/C17H26N4O5SSi/c1-17(2,3)28(4,5)25-8-11-13(22)21-14(26-16(23)24)12(27-15(11)21)6-7-20-10-18-9-19-20/h9-11,15H,6-8H2,1-5H3,(H,23,24)/t11-,15+/m0/s1. The minimum atomic E-state index is -1.97. The Labute approximate surface area is 169 Å². The molecule has 0 spiro atoms. The summed E-state index contributed by atoms with van der Waals surface area (Å²) in [6.45, 7) is 11.6. The Hall–Kier alpha value is -1.85. The van der Waals surface area contributed by atoms with Gasteiger partial charge in [-0.15, -0.1) is 0 Å². The van der Waals surface area contributed by atoms with E-state index < -0.39 is 14.5 Å². The molecular weight excluding hydrogens is 400 g/mol. The van der Waals surface area contributed by atoms with E-state index in [1.807, 2.05) is 0 Å². The summed E-state index contributed by atoms with van der Waals surface area (Å²) in [5.74, 6) is -0.324. The van der Waals surface area contributed by atoms with Crippen molar-refractivity contribution < 1.29 is 23.9 Å². The summed E-state index contributed by atoms with van der Waals surface area (Å²) in [6, 6.07) is 0. The molecule has 0 unspecified atom stereocenters. The van der Waals surface area contributed by atoms with Crippen LogP contribution in [0.2, 0.25) is 18.1 Å². The second-order valence-electron chi connectivity index (χ2n) is 8.40. The third kappa shape index (κ3) is 3.96. The van der Waals surface area contributed by atoms with Crippen LogP contribution in [0.25, 0.3) is 0 Å². The minimum absolute atomic E-state index is 0.0566. The van der Waals surface area contributed by atoms with Crippen LogP contribution in [0.5, 0.6) is 0 Å². The van der Waals surface area contributed by atoms with E-state index in [9.17, 15) is 9.59 Å². The summed E-state index contributed by atoms with van der Waals surface area (Å²) in [6.07, 6.45) is 2.11. The van der Waals surface area contributed by atoms with Gasteiger partial charge in [0, 0.05) is 24.5 Å². The molecule has 1 fully saturated rings. The zero-order chi connectivity index (χ0) is 20.7. The Morgan fingerprint density at radius 1 is 1.39 bits per heavy atom. The number of fused-ring (bicyclic) bond motifs is 1. The molecule has 3 rings (SSSR count). The summed E-state index contributed by atoms with van der Waals surface area (Å²) in [7, 11) is -1.97. The summed E-state index contributed by atoms with van der Waals surface area (Å²) in [5.41, 5.74) is 0. The van der Waals surface area contributed by atoms with Gasteiger partial charge in [-0.25, -0.2) is 9.78 Å². The van der Waals surface area contributed by atoms with Gasteiger partial charge in [0.2, 0.25) is 11.8 Å². The molecule has 1 N–H and O–H groups in total. The molecule has 1 saturated heterocycles. The van der Waals surface area contributed by atoms with E-state index in [0.29, 0.717) is 19.6 Å². The van der Waals surface area contributed by atoms with Crippen molar-refractivity contribution in [2.45, 2.75) is 57.2 Å². The fraction of sp³-hybridized carbons (Fsp3) is 0.647. The number of ether oxygens (including phenoxy) is 1. The Balaban J connectivity index is 1.68. The number of rotatable bonds is 7. The second-order valence-corrected chi connectivity index (χ2v) is 14.4. The van der Waals surface area contributed by atoms with Crippen LogP contribution >= 0.6 is 11.8 Å². The normalized spacial score (nSPS) is 22.3. The molecule has 1 amide bonds. The molecule has 0 bridgehead atoms. The van der Waals surface area contributed by atoms with Gasteiger partial charge in [-0.05, 0) is 18.1 Å². The van der Waals surface area contributed by atoms with E-state index in [0.717, 1.165) is 4.91 Å². The van der Waals surface area contributed by atoms with Crippen molar-refractivity contribution in [2.75, 3.05) is 6.61 Å². The Bertz CT molecular complexity index is 790. The molecule has 0 aromatic carbocycles. The topological polar surface area (TPSA) is 107 Å². The van der Waals surface area contributed by atoms with Gasteiger partial charge < -0.3 is 14.3 Å². The first-order chi connectivity index (χ1) is 13.0. The number of aryl methyl sites for hydroxylation is 1. The summed E-state index contributed by atoms with van der Waals surface area (Å²) >= 11 is 1.47. The van der Waals surface area contributed by atoms with Gasteiger partial charge in [-0.2, -0.15) is 5.10 Å². The maximum absolute atomic E-state index is 12.7. The predicted octanol–water partition coefficient (Wildman–Crippen LogP) is 3.09. The maximum Gasteiger partial charge on any atom is 0.512 e. The number of nitrogens with zero attached hydrogens (tertiary/aromatic N) is 4. The molecule has 1 aromatic rings. The number of amides is 1. The van der Waals surface area contributed by atoms with Gasteiger partial charge in [-0.3, -0.25) is 14.4 Å². The first-order valence-corrected chi connectivity index (χ1v) is 12.9. The summed E-state index contributed by atoms with van der Waals surface area (Å²) in [4.78, 5) is 29.9. The van der Waals surface area contributed by atoms with E-state index in [1.165, 1.54) is 23.0 Å². The summed E-state index contributed by atoms with van der Waals surface area (Å²) < 4.78 is 12.8. The van der Waals surface area contributed by atoms with E-state index in [1.54, 1.807) is 11.0 Å². The van der Waals surface area contributed by atoms with Gasteiger partial charge in [0.1, 0.15) is 18.0 Å². The van der Waals surface area contributed by atoms with Crippen LogP contribution in [-0.4, -0.2) is 57.1 Å². The molecule has 28 heavy (non-hydrogen) atoms. The van der Waals surface area contributed by atoms with Crippen molar-refractivity contribution in [3.8, 4) is 0 Å². The lowest BCUT2D eigenvalue weighted by Gasteiger charge is -2.44. The highest BCUT2D eigenvalue weighted by Gasteiger charge is 2.56. The van der Waals surface area contributed by atoms with E-state index in [2.05, 4.69) is 43.9 Å². The smallest absolute Gasteiger partial charge is 0.449 e. The average molecular weight is 427 g/mol. The SMILES string of the molecule is CC(C)(C)[Si](C)(C)OC[C@H]1C(=O)N2C(OC(=O)O)=C(CCn3cncn3)S[C@H]12. The number of carbonyl (C=O) groups is 2. The number of β-lactam (4-membered cyclic amide) rings is 1. The largest absolute Gasteiger partial charge is 0.512 e. The predicted molar refractivity (Wildman–Crippen MR) is 106 cm³/mol. The third-order valence-electron chi connectivity index (χ3n) is 5.52. The van der Waals surface area contributed by atoms with Crippen molar-refractivity contribution in [1.29, 1.82) is 0 Å². The monoisotopic (exact) mass is 426 g/mol. The Morgan fingerprint density at radius 3 is 2.68 bits per heavy atom. The molecular formula is C17H26N4O5SSi. The van der Waals surface area contributed by atoms with E-state index in [-0.39, 0.29) is 28.1 Å². The molecule has 9 nitrogen and oxygen atoms in total. The fourth-order valence-electron chi connectivity index (χ4n) is 2.79. The number of hydrogen-bond donors (Lipinski definition) is 1. The van der Waals surface area contributed by atoms with Crippen LogP contribution in [0, 0.1) is 5.92 Å². The summed E-state index contributed by atoms with van der Waals surface area (Å²) in [5, 5.41) is 13.0. The van der Waals surface area contributed by atoms with E-state index in [4.69, 9.17) is 14.3 Å². The third-order valence-corrected chi connectivity index (χ3v) is 11.5. The van der Waals surface area contributed by atoms with Gasteiger partial charge in [0.05, 0.1) is 5.92 Å². The molecule has 2 aliphatic rings. The van der Waals surface area contributed by atoms with Gasteiger partial charge in [0.25, 0.3) is 0 Å². The van der Waals surface area contributed by atoms with Crippen LogP contribution < -0.4 is 0 Å². The number of allylic oxidation sites excluding steroid dienone is 1. The molecule has 154 valence electrons. The average Bonchev–Trinajstić information content (AvgIpc) is 3.18. The Kier molecular flexibility index (Phi) is 5.61. The number of thioether (sulfide) groups is 1. The maximum atomic E-state index is 12.7. The quantitative estimate of drug-likeness (QED) is 0.403. The van der Waals surface area contributed by atoms with Gasteiger partial charge >= 0.3 is 6.16 Å².